The van der Waals surface area contributed by atoms with E-state index in [1.165, 1.54) is 0 Å². The van der Waals surface area contributed by atoms with Crippen LogP contribution < -0.4 is 17.0 Å². The van der Waals surface area contributed by atoms with E-state index < -0.39 is 0 Å². The van der Waals surface area contributed by atoms with E-state index in [9.17, 15) is 4.79 Å². The van der Waals surface area contributed by atoms with Gasteiger partial charge in [0.25, 0.3) is 0 Å². The minimum atomic E-state index is -0.157. The van der Waals surface area contributed by atoms with Gasteiger partial charge in [0.2, 0.25) is 0 Å². The molecule has 1 aliphatic rings. The summed E-state index contributed by atoms with van der Waals surface area (Å²) in [6.07, 6.45) is 1.86. The number of rotatable bonds is 3. The van der Waals surface area contributed by atoms with Crippen molar-refractivity contribution in [1.29, 1.82) is 0 Å². The lowest BCUT2D eigenvalue weighted by atomic mass is 10.4. The second-order valence-corrected chi connectivity index (χ2v) is 3.20. The van der Waals surface area contributed by atoms with Gasteiger partial charge in [-0.15, -0.1) is 0 Å². The third-order valence-corrected chi connectivity index (χ3v) is 2.10. The molecule has 0 spiro atoms. The summed E-state index contributed by atoms with van der Waals surface area (Å²) in [6.45, 7) is 5.93. The van der Waals surface area contributed by atoms with Crippen LogP contribution in [-0.2, 0) is 4.74 Å². The second kappa shape index (κ2) is 9.70. The Hall–Kier alpha value is -0.850. The predicted molar refractivity (Wildman–Crippen MR) is 59.1 cm³/mol. The number of nitrogens with two attached hydrogens (primary N) is 2. The van der Waals surface area contributed by atoms with Crippen LogP contribution in [0.5, 0.6) is 0 Å². The molecule has 5 N–H and O–H groups in total. The molecular formula is C9H22N4O2. The number of carbonyl (C=O) groups is 1. The molecule has 0 aromatic heterocycles. The van der Waals surface area contributed by atoms with Crippen LogP contribution in [0.1, 0.15) is 19.8 Å². The quantitative estimate of drug-likeness (QED) is 0.342. The standard InChI is InChI=1S/C9H18N2O2.H4N2/c1-2-3-8-13-9(12)11-6-4-10-5-7-11;1-2/h10H,2-8H2,1H3;1-2H2. The average molecular weight is 218 g/mol. The van der Waals surface area contributed by atoms with Gasteiger partial charge >= 0.3 is 6.09 Å². The van der Waals surface area contributed by atoms with E-state index in [4.69, 9.17) is 4.74 Å². The zero-order valence-corrected chi connectivity index (χ0v) is 9.37. The molecule has 0 aliphatic carbocycles. The molecule has 0 atom stereocenters. The van der Waals surface area contributed by atoms with Gasteiger partial charge in [0.05, 0.1) is 6.61 Å². The summed E-state index contributed by atoms with van der Waals surface area (Å²) in [5, 5.41) is 3.19. The highest BCUT2D eigenvalue weighted by Gasteiger charge is 2.16. The number of piperazine rings is 1. The Morgan fingerprint density at radius 3 is 2.53 bits per heavy atom. The van der Waals surface area contributed by atoms with Crippen molar-refractivity contribution in [2.45, 2.75) is 19.8 Å². The molecule has 6 nitrogen and oxygen atoms in total. The number of unbranched alkanes of at least 4 members (excludes halogenated alkanes) is 1. The predicted octanol–water partition coefficient (Wildman–Crippen LogP) is -0.353. The number of hydrazine groups is 1. The molecule has 90 valence electrons. The van der Waals surface area contributed by atoms with Crippen molar-refractivity contribution < 1.29 is 9.53 Å². The van der Waals surface area contributed by atoms with Gasteiger partial charge in [0, 0.05) is 26.2 Å². The Kier molecular flexibility index (Phi) is 9.15. The van der Waals surface area contributed by atoms with Gasteiger partial charge in [0.15, 0.2) is 0 Å². The van der Waals surface area contributed by atoms with E-state index in [1.54, 1.807) is 4.90 Å². The first kappa shape index (κ1) is 14.2. The van der Waals surface area contributed by atoms with Crippen molar-refractivity contribution in [3.63, 3.8) is 0 Å². The molecule has 1 amide bonds. The van der Waals surface area contributed by atoms with Crippen LogP contribution in [0.3, 0.4) is 0 Å². The van der Waals surface area contributed by atoms with Gasteiger partial charge in [0.1, 0.15) is 0 Å². The van der Waals surface area contributed by atoms with Gasteiger partial charge in [-0.2, -0.15) is 0 Å². The highest BCUT2D eigenvalue weighted by atomic mass is 16.6. The van der Waals surface area contributed by atoms with Gasteiger partial charge in [-0.1, -0.05) is 13.3 Å². The molecule has 0 saturated carbocycles. The van der Waals surface area contributed by atoms with Crippen LogP contribution in [0.2, 0.25) is 0 Å². The molecule has 0 aromatic rings. The minimum absolute atomic E-state index is 0.157. The Morgan fingerprint density at radius 2 is 2.00 bits per heavy atom. The van der Waals surface area contributed by atoms with Crippen LogP contribution in [0, 0.1) is 0 Å². The summed E-state index contributed by atoms with van der Waals surface area (Å²) >= 11 is 0. The average Bonchev–Trinajstić information content (AvgIpc) is 2.33. The smallest absolute Gasteiger partial charge is 0.409 e. The molecule has 0 radical (unpaired) electrons. The Balaban J connectivity index is 0.000000921. The number of nitrogens with zero attached hydrogens (tertiary/aromatic N) is 1. The van der Waals surface area contributed by atoms with Gasteiger partial charge < -0.3 is 15.0 Å². The van der Waals surface area contributed by atoms with Crippen molar-refractivity contribution in [3.8, 4) is 0 Å². The monoisotopic (exact) mass is 218 g/mol. The van der Waals surface area contributed by atoms with Crippen molar-refractivity contribution in [1.82, 2.24) is 10.2 Å². The molecule has 1 fully saturated rings. The van der Waals surface area contributed by atoms with E-state index >= 15 is 0 Å². The van der Waals surface area contributed by atoms with E-state index in [-0.39, 0.29) is 6.09 Å². The summed E-state index contributed by atoms with van der Waals surface area (Å²) in [6, 6.07) is 0. The van der Waals surface area contributed by atoms with Crippen LogP contribution in [0.15, 0.2) is 0 Å². The number of nitrogens with one attached hydrogen (secondary N) is 1. The molecule has 6 heteroatoms. The summed E-state index contributed by atoms with van der Waals surface area (Å²) in [5.41, 5.74) is 0. The molecule has 1 aliphatic heterocycles. The van der Waals surface area contributed by atoms with Crippen molar-refractivity contribution in [2.24, 2.45) is 11.7 Å². The fraction of sp³-hybridized carbons (Fsp3) is 0.889. The summed E-state index contributed by atoms with van der Waals surface area (Å²) in [7, 11) is 0. The summed E-state index contributed by atoms with van der Waals surface area (Å²) < 4.78 is 5.08. The third kappa shape index (κ3) is 6.27. The molecule has 1 saturated heterocycles. The van der Waals surface area contributed by atoms with Gasteiger partial charge in [-0.3, -0.25) is 11.7 Å². The Bertz CT molecular complexity index is 160. The Labute approximate surface area is 90.9 Å². The maximum Gasteiger partial charge on any atom is 0.409 e. The normalized spacial score (nSPS) is 15.3. The van der Waals surface area contributed by atoms with Crippen LogP contribution in [-0.4, -0.2) is 43.8 Å². The molecule has 15 heavy (non-hydrogen) atoms. The fourth-order valence-electron chi connectivity index (χ4n) is 1.24. The first-order valence-corrected chi connectivity index (χ1v) is 5.30. The van der Waals surface area contributed by atoms with Gasteiger partial charge in [-0.25, -0.2) is 4.79 Å². The number of ether oxygens (including phenoxy) is 1. The van der Waals surface area contributed by atoms with Crippen LogP contribution >= 0.6 is 0 Å². The highest BCUT2D eigenvalue weighted by Crippen LogP contribution is 1.98. The van der Waals surface area contributed by atoms with Crippen molar-refractivity contribution >= 4 is 6.09 Å². The van der Waals surface area contributed by atoms with Crippen LogP contribution in [0.4, 0.5) is 4.79 Å². The van der Waals surface area contributed by atoms with Crippen LogP contribution in [0.25, 0.3) is 0 Å². The number of hydrogen-bond acceptors (Lipinski definition) is 5. The molecule has 0 unspecified atom stereocenters. The van der Waals surface area contributed by atoms with E-state index in [2.05, 4.69) is 23.9 Å². The second-order valence-electron chi connectivity index (χ2n) is 3.20. The zero-order chi connectivity index (χ0) is 11.5. The van der Waals surface area contributed by atoms with E-state index in [1.807, 2.05) is 0 Å². The van der Waals surface area contributed by atoms with Gasteiger partial charge in [-0.05, 0) is 6.42 Å². The SMILES string of the molecule is CCCCOC(=O)N1CCNCC1.NN. The van der Waals surface area contributed by atoms with E-state index in [0.717, 1.165) is 39.0 Å². The highest BCUT2D eigenvalue weighted by molar-refractivity contribution is 5.67. The van der Waals surface area contributed by atoms with E-state index in [0.29, 0.717) is 6.61 Å². The first-order valence-electron chi connectivity index (χ1n) is 5.30. The molecular weight excluding hydrogens is 196 g/mol. The number of amides is 1. The summed E-state index contributed by atoms with van der Waals surface area (Å²) in [5.74, 6) is 8.00. The number of hydrogen-bond donors (Lipinski definition) is 3. The molecule has 0 aromatic carbocycles. The topological polar surface area (TPSA) is 93.6 Å². The lowest BCUT2D eigenvalue weighted by molar-refractivity contribution is 0.0965. The maximum atomic E-state index is 11.3. The minimum Gasteiger partial charge on any atom is -0.449 e. The fourth-order valence-corrected chi connectivity index (χ4v) is 1.24. The lowest BCUT2D eigenvalue weighted by Gasteiger charge is -2.26. The number of carbonyl (C=O) groups excluding carboxylic acids is 1. The third-order valence-electron chi connectivity index (χ3n) is 2.10. The van der Waals surface area contributed by atoms with Crippen molar-refractivity contribution in [3.05, 3.63) is 0 Å². The molecule has 1 rings (SSSR count). The maximum absolute atomic E-state index is 11.3. The summed E-state index contributed by atoms with van der Waals surface area (Å²) in [4.78, 5) is 13.1. The zero-order valence-electron chi connectivity index (χ0n) is 9.37. The molecule has 1 heterocycles. The molecule has 0 bridgehead atoms. The van der Waals surface area contributed by atoms with Crippen molar-refractivity contribution in [2.75, 3.05) is 32.8 Å². The lowest BCUT2D eigenvalue weighted by Crippen LogP contribution is -2.46. The Morgan fingerprint density at radius 1 is 1.40 bits per heavy atom. The largest absolute Gasteiger partial charge is 0.449 e. The first-order chi connectivity index (χ1) is 7.34.